The molecule has 2 aliphatic carbocycles. The van der Waals surface area contributed by atoms with Crippen LogP contribution in [0.3, 0.4) is 0 Å². The Balaban J connectivity index is 1.18. The Morgan fingerprint density at radius 2 is 0.746 bits per heavy atom. The predicted molar refractivity (Wildman–Crippen MR) is 265 cm³/mol. The highest BCUT2D eigenvalue weighted by Crippen LogP contribution is 2.67. The molecule has 13 rings (SSSR count). The predicted octanol–water partition coefficient (Wildman–Crippen LogP) is 16.4. The van der Waals surface area contributed by atoms with Crippen molar-refractivity contribution in [3.8, 4) is 22.3 Å². The summed E-state index contributed by atoms with van der Waals surface area (Å²) in [5.74, 6) is 0. The molecule has 0 bridgehead atoms. The molecule has 0 aliphatic heterocycles. The van der Waals surface area contributed by atoms with Crippen molar-refractivity contribution in [1.29, 1.82) is 0 Å². The Bertz CT molecular complexity index is 3580. The average Bonchev–Trinajstić information content (AvgIpc) is 3.83. The van der Waals surface area contributed by atoms with Crippen LogP contribution in [0, 0.1) is 0 Å². The minimum absolute atomic E-state index is 0.661. The highest BCUT2D eigenvalue weighted by Gasteiger charge is 2.54. The summed E-state index contributed by atoms with van der Waals surface area (Å²) in [4.78, 5) is 4.99. The fourth-order valence-corrected chi connectivity index (χ4v) is 11.1. The number of benzene rings is 11. The van der Waals surface area contributed by atoms with Gasteiger partial charge >= 0.3 is 0 Å². The molecule has 2 nitrogen and oxygen atoms in total. The number of hydrogen-bond donors (Lipinski definition) is 0. The third-order valence-electron chi connectivity index (χ3n) is 13.6. The first-order chi connectivity index (χ1) is 31.3. The maximum atomic E-state index is 2.54. The molecule has 294 valence electrons. The van der Waals surface area contributed by atoms with Gasteiger partial charge in [0.1, 0.15) is 0 Å². The molecule has 0 saturated carbocycles. The van der Waals surface area contributed by atoms with Crippen molar-refractivity contribution in [3.63, 3.8) is 0 Å². The summed E-state index contributed by atoms with van der Waals surface area (Å²) in [5, 5.41) is 7.31. The average molecular weight is 801 g/mol. The minimum atomic E-state index is -0.661. The standard InChI is InChI=1S/C61H40N2/c1-3-24-44(25-4-1)62(56-35-17-22-41-19-7-10-28-47(41)56)46-37-38-51-50-31-13-15-33-53(50)61(55(51)40-46)54-34-16-14-32-52(54)59-49-30-12-9-21-43(49)39-58(60(59)61)63(45-26-5-2-6-27-45)57-36-18-23-42-20-8-11-29-48(42)57/h1-40H. The first-order valence-corrected chi connectivity index (χ1v) is 21.9. The Labute approximate surface area is 367 Å². The van der Waals surface area contributed by atoms with E-state index < -0.39 is 5.41 Å². The Morgan fingerprint density at radius 3 is 1.41 bits per heavy atom. The highest BCUT2D eigenvalue weighted by molar-refractivity contribution is 6.12. The van der Waals surface area contributed by atoms with E-state index in [0.29, 0.717) is 0 Å². The van der Waals surface area contributed by atoms with E-state index >= 15 is 0 Å². The number of rotatable bonds is 6. The molecule has 0 aromatic heterocycles. The summed E-state index contributed by atoms with van der Waals surface area (Å²) in [6.45, 7) is 0. The van der Waals surface area contributed by atoms with E-state index in [4.69, 9.17) is 0 Å². The second-order valence-electron chi connectivity index (χ2n) is 16.8. The maximum absolute atomic E-state index is 2.54. The van der Waals surface area contributed by atoms with Gasteiger partial charge in [-0.25, -0.2) is 0 Å². The zero-order valence-corrected chi connectivity index (χ0v) is 34.5. The number of anilines is 6. The van der Waals surface area contributed by atoms with Gasteiger partial charge in [0, 0.05) is 33.4 Å². The van der Waals surface area contributed by atoms with Crippen LogP contribution in [0.2, 0.25) is 0 Å². The third kappa shape index (κ3) is 5.13. The fourth-order valence-electron chi connectivity index (χ4n) is 11.1. The lowest BCUT2D eigenvalue weighted by Gasteiger charge is -2.37. The van der Waals surface area contributed by atoms with Crippen molar-refractivity contribution in [3.05, 3.63) is 265 Å². The van der Waals surface area contributed by atoms with E-state index in [-0.39, 0.29) is 0 Å². The van der Waals surface area contributed by atoms with Gasteiger partial charge < -0.3 is 9.80 Å². The Morgan fingerprint density at radius 1 is 0.270 bits per heavy atom. The van der Waals surface area contributed by atoms with Crippen LogP contribution in [0.1, 0.15) is 22.3 Å². The number of fused-ring (bicyclic) bond motifs is 14. The molecular weight excluding hydrogens is 761 g/mol. The second-order valence-corrected chi connectivity index (χ2v) is 16.8. The van der Waals surface area contributed by atoms with Crippen LogP contribution in [0.4, 0.5) is 34.1 Å². The molecule has 0 N–H and O–H groups in total. The zero-order chi connectivity index (χ0) is 41.5. The third-order valence-corrected chi connectivity index (χ3v) is 13.6. The molecule has 2 aliphatic rings. The van der Waals surface area contributed by atoms with Gasteiger partial charge in [-0.15, -0.1) is 0 Å². The molecule has 1 atom stereocenters. The molecule has 63 heavy (non-hydrogen) atoms. The zero-order valence-electron chi connectivity index (χ0n) is 34.5. The van der Waals surface area contributed by atoms with Gasteiger partial charge in [-0.2, -0.15) is 0 Å². The lowest BCUT2D eigenvalue weighted by Crippen LogP contribution is -2.28. The number of nitrogens with zero attached hydrogens (tertiary/aromatic N) is 2. The summed E-state index contributed by atoms with van der Waals surface area (Å²) in [6.07, 6.45) is 0. The molecule has 0 radical (unpaired) electrons. The summed E-state index contributed by atoms with van der Waals surface area (Å²) >= 11 is 0. The van der Waals surface area contributed by atoms with E-state index in [1.165, 1.54) is 82.5 Å². The maximum Gasteiger partial charge on any atom is 0.0747 e. The quantitative estimate of drug-likeness (QED) is 0.165. The summed E-state index contributed by atoms with van der Waals surface area (Å²) in [6, 6.07) is 89.8. The largest absolute Gasteiger partial charge is 0.310 e. The van der Waals surface area contributed by atoms with Gasteiger partial charge in [-0.1, -0.05) is 188 Å². The van der Waals surface area contributed by atoms with E-state index in [1.807, 2.05) is 0 Å². The van der Waals surface area contributed by atoms with Crippen LogP contribution in [0.5, 0.6) is 0 Å². The summed E-state index contributed by atoms with van der Waals surface area (Å²) in [7, 11) is 0. The lowest BCUT2D eigenvalue weighted by molar-refractivity contribution is 0.793. The second kappa shape index (κ2) is 13.9. The normalized spacial score (nSPS) is 14.4. The summed E-state index contributed by atoms with van der Waals surface area (Å²) < 4.78 is 0. The Hall–Kier alpha value is -8.20. The van der Waals surface area contributed by atoms with Crippen molar-refractivity contribution < 1.29 is 0 Å². The van der Waals surface area contributed by atoms with Crippen molar-refractivity contribution in [2.45, 2.75) is 5.41 Å². The monoisotopic (exact) mass is 800 g/mol. The first-order valence-electron chi connectivity index (χ1n) is 21.9. The fraction of sp³-hybridized carbons (Fsp3) is 0.0164. The number of para-hydroxylation sites is 2. The highest BCUT2D eigenvalue weighted by atomic mass is 15.2. The minimum Gasteiger partial charge on any atom is -0.310 e. The SMILES string of the molecule is c1ccc(N(c2ccc3c(c2)C2(c4ccccc4-3)c3ccccc3-c3c2c(N(c2ccccc2)c2cccc4ccccc24)cc2ccccc32)c2cccc3ccccc23)cc1. The van der Waals surface area contributed by atoms with Gasteiger partial charge in [0.05, 0.1) is 22.5 Å². The van der Waals surface area contributed by atoms with Crippen molar-refractivity contribution in [2.24, 2.45) is 0 Å². The van der Waals surface area contributed by atoms with E-state index in [1.54, 1.807) is 0 Å². The summed E-state index contributed by atoms with van der Waals surface area (Å²) in [5.41, 5.74) is 16.5. The molecular formula is C61H40N2. The van der Waals surface area contributed by atoms with Crippen LogP contribution in [0.15, 0.2) is 243 Å². The molecule has 1 unspecified atom stereocenters. The van der Waals surface area contributed by atoms with E-state index in [2.05, 4.69) is 252 Å². The number of hydrogen-bond acceptors (Lipinski definition) is 2. The molecule has 2 heteroatoms. The van der Waals surface area contributed by atoms with Crippen LogP contribution in [-0.4, -0.2) is 0 Å². The molecule has 11 aromatic carbocycles. The molecule has 0 fully saturated rings. The van der Waals surface area contributed by atoms with Crippen LogP contribution in [0.25, 0.3) is 54.6 Å². The topological polar surface area (TPSA) is 6.48 Å². The van der Waals surface area contributed by atoms with Crippen molar-refractivity contribution in [1.82, 2.24) is 0 Å². The van der Waals surface area contributed by atoms with Crippen molar-refractivity contribution >= 4 is 66.4 Å². The van der Waals surface area contributed by atoms with Crippen LogP contribution < -0.4 is 9.80 Å². The molecule has 0 amide bonds. The molecule has 0 heterocycles. The van der Waals surface area contributed by atoms with Gasteiger partial charge in [-0.05, 0) is 115 Å². The van der Waals surface area contributed by atoms with Gasteiger partial charge in [0.2, 0.25) is 0 Å². The smallest absolute Gasteiger partial charge is 0.0747 e. The van der Waals surface area contributed by atoms with Crippen LogP contribution >= 0.6 is 0 Å². The van der Waals surface area contributed by atoms with Gasteiger partial charge in [0.25, 0.3) is 0 Å². The van der Waals surface area contributed by atoms with E-state index in [9.17, 15) is 0 Å². The van der Waals surface area contributed by atoms with Gasteiger partial charge in [0.15, 0.2) is 0 Å². The van der Waals surface area contributed by atoms with Crippen molar-refractivity contribution in [2.75, 3.05) is 9.80 Å². The van der Waals surface area contributed by atoms with Crippen LogP contribution in [-0.2, 0) is 5.41 Å². The molecule has 1 spiro atoms. The Kier molecular flexibility index (Phi) is 7.85. The lowest BCUT2D eigenvalue weighted by atomic mass is 9.69. The van der Waals surface area contributed by atoms with Gasteiger partial charge in [-0.3, -0.25) is 0 Å². The molecule has 0 saturated heterocycles. The van der Waals surface area contributed by atoms with E-state index in [0.717, 1.165) is 28.4 Å². The molecule has 11 aromatic rings. The first kappa shape index (κ1) is 35.5.